The van der Waals surface area contributed by atoms with E-state index in [0.717, 1.165) is 43.1 Å². The summed E-state index contributed by atoms with van der Waals surface area (Å²) in [5, 5.41) is 3.96. The van der Waals surface area contributed by atoms with E-state index in [1.807, 2.05) is 36.9 Å². The molecule has 11 heteroatoms. The van der Waals surface area contributed by atoms with Crippen molar-refractivity contribution in [3.05, 3.63) is 66.1 Å². The Labute approximate surface area is 232 Å². The van der Waals surface area contributed by atoms with Gasteiger partial charge in [-0.2, -0.15) is 4.98 Å². The number of hydrogen-bond donors (Lipinski definition) is 1. The second-order valence-corrected chi connectivity index (χ2v) is 10.8. The Balaban J connectivity index is 1.20. The van der Waals surface area contributed by atoms with Crippen LogP contribution in [0, 0.1) is 11.6 Å². The Kier molecular flexibility index (Phi) is 7.35. The van der Waals surface area contributed by atoms with Crippen LogP contribution in [0.4, 0.5) is 26.2 Å². The lowest BCUT2D eigenvalue weighted by atomic mass is 10.1. The van der Waals surface area contributed by atoms with E-state index in [0.29, 0.717) is 30.4 Å². The molecule has 2 saturated heterocycles. The molecule has 1 aromatic carbocycles. The van der Waals surface area contributed by atoms with E-state index in [9.17, 15) is 0 Å². The number of nitrogens with zero attached hydrogens (tertiary/aromatic N) is 7. The Bertz CT molecular complexity index is 1450. The van der Waals surface area contributed by atoms with Crippen molar-refractivity contribution in [3.8, 4) is 5.69 Å². The van der Waals surface area contributed by atoms with Crippen LogP contribution in [0.3, 0.4) is 0 Å². The van der Waals surface area contributed by atoms with E-state index in [1.165, 1.54) is 12.1 Å². The van der Waals surface area contributed by atoms with Crippen molar-refractivity contribution in [2.24, 2.45) is 0 Å². The number of halogens is 2. The van der Waals surface area contributed by atoms with Gasteiger partial charge in [0.15, 0.2) is 0 Å². The highest BCUT2D eigenvalue weighted by atomic mass is 19.1. The fourth-order valence-corrected chi connectivity index (χ4v) is 5.52. The minimum absolute atomic E-state index is 0.0218. The minimum Gasteiger partial charge on any atom is -0.373 e. The highest BCUT2D eigenvalue weighted by Gasteiger charge is 2.25. The van der Waals surface area contributed by atoms with Crippen LogP contribution < -0.4 is 10.2 Å². The molecule has 9 nitrogen and oxygen atoms in total. The lowest BCUT2D eigenvalue weighted by molar-refractivity contribution is -0.0709. The largest absolute Gasteiger partial charge is 0.373 e. The number of anilines is 3. The van der Waals surface area contributed by atoms with Crippen molar-refractivity contribution >= 4 is 28.5 Å². The van der Waals surface area contributed by atoms with Gasteiger partial charge in [-0.25, -0.2) is 18.7 Å². The van der Waals surface area contributed by atoms with Crippen molar-refractivity contribution in [3.63, 3.8) is 0 Å². The van der Waals surface area contributed by atoms with Crippen LogP contribution in [0.2, 0.25) is 0 Å². The second kappa shape index (κ2) is 11.1. The summed E-state index contributed by atoms with van der Waals surface area (Å²) in [5.74, 6) is 0.147. The van der Waals surface area contributed by atoms with Crippen molar-refractivity contribution in [2.45, 2.75) is 32.6 Å². The quantitative estimate of drug-likeness (QED) is 0.385. The van der Waals surface area contributed by atoms with Gasteiger partial charge >= 0.3 is 0 Å². The van der Waals surface area contributed by atoms with Crippen molar-refractivity contribution in [1.82, 2.24) is 29.3 Å². The summed E-state index contributed by atoms with van der Waals surface area (Å²) < 4.78 is 37.9. The highest BCUT2D eigenvalue weighted by molar-refractivity contribution is 5.78. The molecule has 2 aliphatic heterocycles. The molecular weight excluding hydrogens is 514 g/mol. The third kappa shape index (κ3) is 5.63. The zero-order chi connectivity index (χ0) is 27.8. The van der Waals surface area contributed by atoms with Crippen molar-refractivity contribution in [2.75, 3.05) is 56.5 Å². The topological polar surface area (TPSA) is 74.6 Å². The first kappa shape index (κ1) is 26.5. The molecule has 3 aromatic heterocycles. The lowest BCUT2D eigenvalue weighted by Crippen LogP contribution is -2.45. The van der Waals surface area contributed by atoms with E-state index >= 15 is 8.78 Å². The predicted molar refractivity (Wildman–Crippen MR) is 151 cm³/mol. The van der Waals surface area contributed by atoms with Gasteiger partial charge in [-0.15, -0.1) is 0 Å². The smallest absolute Gasteiger partial charge is 0.229 e. The molecule has 0 aliphatic carbocycles. The molecule has 4 aromatic rings. The molecule has 5 heterocycles. The summed E-state index contributed by atoms with van der Waals surface area (Å²) in [6.07, 6.45) is 5.24. The van der Waals surface area contributed by atoms with Gasteiger partial charge in [0.25, 0.3) is 0 Å². The first-order valence-electron chi connectivity index (χ1n) is 13.7. The molecule has 2 atom stereocenters. The molecule has 2 fully saturated rings. The summed E-state index contributed by atoms with van der Waals surface area (Å²) in [6, 6.07) is 8.49. The molecule has 0 radical (unpaired) electrons. The number of fused-ring (bicyclic) bond motifs is 1. The normalized spacial score (nSPS) is 20.8. The molecule has 0 bridgehead atoms. The molecule has 0 spiro atoms. The van der Waals surface area contributed by atoms with E-state index in [4.69, 9.17) is 4.74 Å². The number of nitrogens with one attached hydrogen (secondary N) is 1. The maximum Gasteiger partial charge on any atom is 0.229 e. The van der Waals surface area contributed by atoms with Gasteiger partial charge in [0, 0.05) is 69.2 Å². The predicted octanol–water partition coefficient (Wildman–Crippen LogP) is 4.20. The van der Waals surface area contributed by atoms with Gasteiger partial charge in [-0.05, 0) is 51.2 Å². The van der Waals surface area contributed by atoms with Gasteiger partial charge in [-0.1, -0.05) is 0 Å². The number of ether oxygens (including phenoxy) is 1. The monoisotopic (exact) mass is 548 g/mol. The first-order chi connectivity index (χ1) is 19.3. The van der Waals surface area contributed by atoms with Gasteiger partial charge < -0.3 is 24.4 Å². The van der Waals surface area contributed by atoms with Crippen LogP contribution in [-0.2, 0) is 11.3 Å². The van der Waals surface area contributed by atoms with Gasteiger partial charge in [0.05, 0.1) is 29.8 Å². The number of aromatic nitrogens is 4. The van der Waals surface area contributed by atoms with E-state index in [-0.39, 0.29) is 24.3 Å². The van der Waals surface area contributed by atoms with Crippen LogP contribution in [0.15, 0.2) is 48.9 Å². The van der Waals surface area contributed by atoms with Crippen molar-refractivity contribution in [1.29, 1.82) is 0 Å². The molecule has 1 N–H and O–H groups in total. The average Bonchev–Trinajstić information content (AvgIpc) is 3.34. The summed E-state index contributed by atoms with van der Waals surface area (Å²) in [4.78, 5) is 20.3. The average molecular weight is 549 g/mol. The lowest BCUT2D eigenvalue weighted by Gasteiger charge is -2.35. The molecule has 40 heavy (non-hydrogen) atoms. The van der Waals surface area contributed by atoms with Crippen LogP contribution in [-0.4, -0.2) is 87.8 Å². The van der Waals surface area contributed by atoms with E-state index in [2.05, 4.69) is 37.1 Å². The molecule has 0 amide bonds. The van der Waals surface area contributed by atoms with Crippen LogP contribution in [0.5, 0.6) is 0 Å². The number of morpholine rings is 1. The zero-order valence-electron chi connectivity index (χ0n) is 23.0. The van der Waals surface area contributed by atoms with Gasteiger partial charge in [0.1, 0.15) is 23.1 Å². The van der Waals surface area contributed by atoms with E-state index in [1.54, 1.807) is 23.2 Å². The van der Waals surface area contributed by atoms with Gasteiger partial charge in [-0.3, -0.25) is 4.90 Å². The number of likely N-dealkylation sites (N-methyl/N-ethyl adjacent to an activating group) is 1. The third-order valence-corrected chi connectivity index (χ3v) is 7.54. The van der Waals surface area contributed by atoms with Gasteiger partial charge in [0.2, 0.25) is 5.95 Å². The third-order valence-electron chi connectivity index (χ3n) is 7.54. The Morgan fingerprint density at radius 3 is 2.35 bits per heavy atom. The maximum absolute atomic E-state index is 15.2. The fourth-order valence-electron chi connectivity index (χ4n) is 5.52. The molecule has 210 valence electrons. The van der Waals surface area contributed by atoms with Crippen LogP contribution in [0.25, 0.3) is 16.7 Å². The van der Waals surface area contributed by atoms with E-state index < -0.39 is 11.6 Å². The minimum atomic E-state index is -0.581. The number of hydrogen-bond acceptors (Lipinski definition) is 8. The second-order valence-electron chi connectivity index (χ2n) is 10.8. The summed E-state index contributed by atoms with van der Waals surface area (Å²) >= 11 is 0. The molecule has 0 saturated carbocycles. The highest BCUT2D eigenvalue weighted by Crippen LogP contribution is 2.26. The molecular formula is C29H34F2N8O. The summed E-state index contributed by atoms with van der Waals surface area (Å²) in [7, 11) is 2.13. The SMILES string of the molecule is CC1CN(Cc2c(F)cc(-n3ccc4cnc(Nc5ccc(N6CCN(C)CC6)nc5)nc43)cc2F)CC(C)O1. The van der Waals surface area contributed by atoms with Crippen LogP contribution >= 0.6 is 0 Å². The van der Waals surface area contributed by atoms with Crippen molar-refractivity contribution < 1.29 is 13.5 Å². The molecule has 2 aliphatic rings. The number of pyridine rings is 1. The number of piperazine rings is 1. The first-order valence-corrected chi connectivity index (χ1v) is 13.7. The summed E-state index contributed by atoms with van der Waals surface area (Å²) in [5.41, 5.74) is 1.72. The fraction of sp³-hybridized carbons (Fsp3) is 0.414. The summed E-state index contributed by atoms with van der Waals surface area (Å²) in [6.45, 7) is 9.32. The Morgan fingerprint density at radius 2 is 1.68 bits per heavy atom. The maximum atomic E-state index is 15.2. The molecule has 6 rings (SSSR count). The van der Waals surface area contributed by atoms with Crippen LogP contribution in [0.1, 0.15) is 19.4 Å². The Hall–Kier alpha value is -3.67. The Morgan fingerprint density at radius 1 is 0.950 bits per heavy atom. The zero-order valence-corrected chi connectivity index (χ0v) is 23.0. The number of benzene rings is 1. The molecule has 2 unspecified atom stereocenters. The standard InChI is InChI=1S/C29H34F2N8O/c1-19-16-37(17-20(2)40-19)18-24-25(30)12-23(13-26(24)31)39-7-6-21-14-33-29(35-28(21)39)34-22-4-5-27(32-15-22)38-10-8-36(3)9-11-38/h4-7,12-15,19-20H,8-11,16-18H2,1-3H3,(H,33,34,35). The number of rotatable bonds is 6.